The summed E-state index contributed by atoms with van der Waals surface area (Å²) in [4.78, 5) is 27.8. The Hall–Kier alpha value is -3.60. The minimum absolute atomic E-state index is 0.0587. The maximum absolute atomic E-state index is 13.1. The van der Waals surface area contributed by atoms with Crippen molar-refractivity contribution in [3.63, 3.8) is 0 Å². The SMILES string of the molecule is CO[C@H]1C=CC=C(C)C(=O)Nc2cc(O)c(N3CCC3)c(c2O)C=C(C)C[C@H](OC)[C@H](O)[C@@H](C)C=C(C)[C@@H]1OC(=O)C1CC1. The van der Waals surface area contributed by atoms with Gasteiger partial charge >= 0.3 is 5.97 Å². The van der Waals surface area contributed by atoms with Crippen LogP contribution in [0.2, 0.25) is 0 Å². The molecule has 2 heterocycles. The number of carbonyl (C=O) groups is 2. The number of allylic oxidation sites excluding steroid dienone is 2. The fourth-order valence-electron chi connectivity index (χ4n) is 5.55. The number of amides is 1. The Kier molecular flexibility index (Phi) is 10.9. The van der Waals surface area contributed by atoms with Crippen molar-refractivity contribution in [2.24, 2.45) is 11.8 Å². The molecule has 4 rings (SSSR count). The van der Waals surface area contributed by atoms with Crippen LogP contribution in [0.25, 0.3) is 6.08 Å². The largest absolute Gasteiger partial charge is 0.506 e. The first kappa shape index (κ1) is 33.3. The van der Waals surface area contributed by atoms with Gasteiger partial charge in [-0.2, -0.15) is 0 Å². The van der Waals surface area contributed by atoms with Gasteiger partial charge in [0.25, 0.3) is 5.91 Å². The van der Waals surface area contributed by atoms with E-state index < -0.39 is 30.3 Å². The maximum atomic E-state index is 13.1. The van der Waals surface area contributed by atoms with Gasteiger partial charge in [-0.3, -0.25) is 9.59 Å². The molecular formula is C34H46N2O8. The van der Waals surface area contributed by atoms with E-state index in [1.807, 2.05) is 31.7 Å². The predicted molar refractivity (Wildman–Crippen MR) is 170 cm³/mol. The molecule has 0 unspecified atom stereocenters. The van der Waals surface area contributed by atoms with Gasteiger partial charge in [0.2, 0.25) is 0 Å². The number of phenolic OH excluding ortho intramolecular Hbond substituents is 2. The zero-order valence-electron chi connectivity index (χ0n) is 26.5. The summed E-state index contributed by atoms with van der Waals surface area (Å²) in [5, 5.41) is 36.5. The lowest BCUT2D eigenvalue weighted by atomic mass is 9.91. The average Bonchev–Trinajstić information content (AvgIpc) is 3.81. The molecule has 44 heavy (non-hydrogen) atoms. The number of benzene rings is 1. The van der Waals surface area contributed by atoms with E-state index >= 15 is 0 Å². The molecular weight excluding hydrogens is 564 g/mol. The highest BCUT2D eigenvalue weighted by atomic mass is 16.6. The van der Waals surface area contributed by atoms with Crippen LogP contribution in [-0.2, 0) is 23.8 Å². The van der Waals surface area contributed by atoms with Crippen molar-refractivity contribution in [3.8, 4) is 11.5 Å². The first-order valence-electron chi connectivity index (χ1n) is 15.2. The fourth-order valence-corrected chi connectivity index (χ4v) is 5.55. The predicted octanol–water partition coefficient (Wildman–Crippen LogP) is 4.85. The van der Waals surface area contributed by atoms with E-state index in [1.54, 1.807) is 31.2 Å². The number of phenols is 2. The van der Waals surface area contributed by atoms with Crippen LogP contribution in [-0.4, -0.2) is 78.9 Å². The molecule has 1 aromatic carbocycles. The van der Waals surface area contributed by atoms with Gasteiger partial charge in [-0.15, -0.1) is 0 Å². The number of nitrogens with one attached hydrogen (secondary N) is 1. The number of anilines is 2. The Morgan fingerprint density at radius 3 is 2.39 bits per heavy atom. The third-order valence-electron chi connectivity index (χ3n) is 8.55. The standard InChI is InChI=1S/C34H46N2O8/c1-19-15-24-29(36-13-8-14-36)26(37)18-25(31(24)39)35-33(40)20(2)9-7-10-27(42-5)32(44-34(41)23-11-12-23)22(4)17-21(3)30(38)28(16-19)43-6/h7,9-10,15,17-18,21,23,27-28,30,32,37-39H,8,11-14,16H2,1-6H3,(H,35,40)/t21-,27-,28-,30+,32-/m0/s1. The second-order valence-electron chi connectivity index (χ2n) is 12.1. The van der Waals surface area contributed by atoms with Crippen molar-refractivity contribution in [2.45, 2.75) is 77.8 Å². The monoisotopic (exact) mass is 610 g/mol. The van der Waals surface area contributed by atoms with Crippen LogP contribution in [0.5, 0.6) is 11.5 Å². The number of ether oxygens (including phenoxy) is 3. The number of aliphatic hydroxyl groups excluding tert-OH is 1. The Labute approximate surface area is 259 Å². The summed E-state index contributed by atoms with van der Waals surface area (Å²) >= 11 is 0. The number of fused-ring (bicyclic) bond motifs is 2. The summed E-state index contributed by atoms with van der Waals surface area (Å²) in [7, 11) is 3.05. The van der Waals surface area contributed by atoms with Crippen molar-refractivity contribution < 1.29 is 39.1 Å². The summed E-state index contributed by atoms with van der Waals surface area (Å²) < 4.78 is 17.4. The highest BCUT2D eigenvalue weighted by Gasteiger charge is 2.36. The van der Waals surface area contributed by atoms with Crippen molar-refractivity contribution in [2.75, 3.05) is 37.5 Å². The highest BCUT2D eigenvalue weighted by molar-refractivity contribution is 6.05. The minimum Gasteiger partial charge on any atom is -0.506 e. The topological polar surface area (TPSA) is 138 Å². The maximum Gasteiger partial charge on any atom is 0.309 e. The number of hydrogen-bond donors (Lipinski definition) is 4. The number of rotatable bonds is 5. The van der Waals surface area contributed by atoms with Crippen LogP contribution in [0.4, 0.5) is 11.4 Å². The Balaban J connectivity index is 1.79. The number of methoxy groups -OCH3 is 2. The third kappa shape index (κ3) is 7.72. The first-order valence-corrected chi connectivity index (χ1v) is 15.2. The van der Waals surface area contributed by atoms with Crippen molar-refractivity contribution in [3.05, 3.63) is 52.7 Å². The number of aliphatic hydroxyl groups is 1. The molecule has 0 spiro atoms. The molecule has 1 amide bonds. The zero-order chi connectivity index (χ0) is 32.1. The van der Waals surface area contributed by atoms with Gasteiger partial charge in [0.05, 0.1) is 29.5 Å². The van der Waals surface area contributed by atoms with Crippen LogP contribution in [0, 0.1) is 11.8 Å². The smallest absolute Gasteiger partial charge is 0.309 e. The molecule has 3 aliphatic rings. The van der Waals surface area contributed by atoms with Crippen LogP contribution in [0.1, 0.15) is 58.9 Å². The van der Waals surface area contributed by atoms with E-state index in [9.17, 15) is 24.9 Å². The molecule has 1 aromatic rings. The molecule has 0 radical (unpaired) electrons. The van der Waals surface area contributed by atoms with Gasteiger partial charge < -0.3 is 39.7 Å². The number of nitrogens with zero attached hydrogens (tertiary/aromatic N) is 1. The van der Waals surface area contributed by atoms with E-state index in [0.29, 0.717) is 23.2 Å². The molecule has 0 aromatic heterocycles. The summed E-state index contributed by atoms with van der Waals surface area (Å²) in [5.41, 5.74) is 2.80. The average molecular weight is 611 g/mol. The summed E-state index contributed by atoms with van der Waals surface area (Å²) in [6.45, 7) is 8.67. The number of hydrogen-bond acceptors (Lipinski definition) is 9. The van der Waals surface area contributed by atoms with E-state index in [4.69, 9.17) is 14.2 Å². The molecule has 5 atom stereocenters. The van der Waals surface area contributed by atoms with Crippen molar-refractivity contribution in [1.82, 2.24) is 0 Å². The van der Waals surface area contributed by atoms with E-state index in [2.05, 4.69) is 5.32 Å². The molecule has 10 nitrogen and oxygen atoms in total. The third-order valence-corrected chi connectivity index (χ3v) is 8.55. The Bertz CT molecular complexity index is 1360. The highest BCUT2D eigenvalue weighted by Crippen LogP contribution is 2.45. The van der Waals surface area contributed by atoms with Gasteiger partial charge in [0.15, 0.2) is 6.10 Å². The lowest BCUT2D eigenvalue weighted by Gasteiger charge is -2.35. The van der Waals surface area contributed by atoms with Crippen molar-refractivity contribution in [1.29, 1.82) is 0 Å². The van der Waals surface area contributed by atoms with E-state index in [1.165, 1.54) is 20.3 Å². The lowest BCUT2D eigenvalue weighted by molar-refractivity contribution is -0.153. The number of carbonyl (C=O) groups excluding carboxylic acids is 2. The minimum atomic E-state index is -0.912. The van der Waals surface area contributed by atoms with Gasteiger partial charge in [0, 0.05) is 50.4 Å². The molecule has 2 fully saturated rings. The van der Waals surface area contributed by atoms with Crippen LogP contribution in [0.15, 0.2) is 47.1 Å². The Morgan fingerprint density at radius 2 is 1.80 bits per heavy atom. The molecule has 2 bridgehead atoms. The van der Waals surface area contributed by atoms with E-state index in [0.717, 1.165) is 43.5 Å². The van der Waals surface area contributed by atoms with Gasteiger partial charge in [0.1, 0.15) is 17.6 Å². The fraction of sp³-hybridized carbons (Fsp3) is 0.529. The normalized spacial score (nSPS) is 27.1. The summed E-state index contributed by atoms with van der Waals surface area (Å²) in [5.74, 6) is -1.47. The van der Waals surface area contributed by atoms with Gasteiger partial charge in [-0.05, 0) is 58.1 Å². The molecule has 4 N–H and O–H groups in total. The molecule has 2 aliphatic heterocycles. The second-order valence-corrected chi connectivity index (χ2v) is 12.1. The number of esters is 1. The Morgan fingerprint density at radius 1 is 1.09 bits per heavy atom. The zero-order valence-corrected chi connectivity index (χ0v) is 26.5. The molecule has 240 valence electrons. The van der Waals surface area contributed by atoms with Gasteiger partial charge in [-0.1, -0.05) is 36.8 Å². The van der Waals surface area contributed by atoms with Crippen LogP contribution < -0.4 is 10.2 Å². The van der Waals surface area contributed by atoms with Crippen molar-refractivity contribution >= 4 is 29.3 Å². The molecule has 1 aliphatic carbocycles. The summed E-state index contributed by atoms with van der Waals surface area (Å²) in [6, 6.07) is 1.36. The molecule has 10 heteroatoms. The quantitative estimate of drug-likeness (QED) is 0.160. The van der Waals surface area contributed by atoms with Gasteiger partial charge in [-0.25, -0.2) is 0 Å². The number of aromatic hydroxyl groups is 2. The lowest BCUT2D eigenvalue weighted by Crippen LogP contribution is -2.37. The first-order chi connectivity index (χ1) is 20.9. The second kappa shape index (κ2) is 14.5. The van der Waals surface area contributed by atoms with Crippen LogP contribution >= 0.6 is 0 Å². The van der Waals surface area contributed by atoms with E-state index in [-0.39, 0.29) is 35.0 Å². The van der Waals surface area contributed by atoms with Crippen LogP contribution in [0.3, 0.4) is 0 Å². The summed E-state index contributed by atoms with van der Waals surface area (Å²) in [6.07, 6.45) is 8.57. The molecule has 1 saturated heterocycles. The molecule has 1 saturated carbocycles.